The molecule has 1 heterocycles. The first-order valence-electron chi connectivity index (χ1n) is 8.34. The Balaban J connectivity index is 1.81. The molecule has 138 valence electrons. The van der Waals surface area contributed by atoms with Crippen LogP contribution in [0.3, 0.4) is 0 Å². The third kappa shape index (κ3) is 4.33. The van der Waals surface area contributed by atoms with E-state index in [0.29, 0.717) is 22.8 Å². The summed E-state index contributed by atoms with van der Waals surface area (Å²) >= 11 is 0. The normalized spacial score (nSPS) is 10.3. The number of aryl methyl sites for hydroxylation is 1. The molecule has 3 rings (SSSR count). The maximum atomic E-state index is 12.7. The molecule has 3 aromatic rings. The molecular weight excluding hydrogens is 344 g/mol. The van der Waals surface area contributed by atoms with E-state index in [-0.39, 0.29) is 11.8 Å². The molecule has 2 aromatic carbocycles. The maximum absolute atomic E-state index is 12.7. The lowest BCUT2D eigenvalue weighted by Gasteiger charge is -2.07. The zero-order chi connectivity index (χ0) is 19.4. The predicted octanol–water partition coefficient (Wildman–Crippen LogP) is 3.31. The van der Waals surface area contributed by atoms with Crippen LogP contribution in [0, 0.1) is 0 Å². The van der Waals surface area contributed by atoms with Crippen LogP contribution in [0.4, 0.5) is 11.4 Å². The predicted molar refractivity (Wildman–Crippen MR) is 104 cm³/mol. The van der Waals surface area contributed by atoms with E-state index in [4.69, 9.17) is 4.74 Å². The number of nitrogens with one attached hydrogen (secondary N) is 2. The minimum absolute atomic E-state index is 0.173. The molecule has 0 unspecified atom stereocenters. The van der Waals surface area contributed by atoms with Gasteiger partial charge in [0, 0.05) is 30.9 Å². The minimum Gasteiger partial charge on any atom is -0.497 e. The number of hydrogen-bond donors (Lipinski definition) is 2. The fraction of sp³-hybridized carbons (Fsp3) is 0.150. The van der Waals surface area contributed by atoms with Gasteiger partial charge in [-0.2, -0.15) is 5.10 Å². The van der Waals surface area contributed by atoms with Crippen LogP contribution in [-0.2, 0) is 11.8 Å². The molecule has 0 bridgehead atoms. The highest BCUT2D eigenvalue weighted by atomic mass is 16.5. The first kappa shape index (κ1) is 18.2. The van der Waals surface area contributed by atoms with E-state index in [2.05, 4.69) is 15.7 Å². The number of carbonyl (C=O) groups is 2. The summed E-state index contributed by atoms with van der Waals surface area (Å²) in [6.07, 6.45) is 0. The molecule has 0 aliphatic carbocycles. The van der Waals surface area contributed by atoms with E-state index in [1.165, 1.54) is 11.6 Å². The number of methoxy groups -OCH3 is 1. The van der Waals surface area contributed by atoms with Crippen LogP contribution in [0.1, 0.15) is 17.4 Å². The number of carbonyl (C=O) groups excluding carboxylic acids is 2. The monoisotopic (exact) mass is 364 g/mol. The lowest BCUT2D eigenvalue weighted by Crippen LogP contribution is -2.16. The Kier molecular flexibility index (Phi) is 5.21. The molecule has 7 nitrogen and oxygen atoms in total. The Hall–Kier alpha value is -3.61. The molecule has 0 aliphatic rings. The highest BCUT2D eigenvalue weighted by Gasteiger charge is 2.15. The van der Waals surface area contributed by atoms with Crippen molar-refractivity contribution in [2.75, 3.05) is 17.7 Å². The van der Waals surface area contributed by atoms with Crippen LogP contribution in [-0.4, -0.2) is 28.7 Å². The van der Waals surface area contributed by atoms with Crippen LogP contribution in [0.2, 0.25) is 0 Å². The van der Waals surface area contributed by atoms with Crippen molar-refractivity contribution in [2.45, 2.75) is 6.92 Å². The van der Waals surface area contributed by atoms with Gasteiger partial charge in [-0.1, -0.05) is 18.2 Å². The average Bonchev–Trinajstić information content (AvgIpc) is 3.03. The van der Waals surface area contributed by atoms with Crippen LogP contribution in [0.25, 0.3) is 11.3 Å². The molecule has 2 N–H and O–H groups in total. The number of benzene rings is 2. The zero-order valence-corrected chi connectivity index (χ0v) is 15.3. The Morgan fingerprint density at radius 3 is 2.41 bits per heavy atom. The summed E-state index contributed by atoms with van der Waals surface area (Å²) in [5.74, 6) is 0.256. The minimum atomic E-state index is -0.292. The van der Waals surface area contributed by atoms with Crippen molar-refractivity contribution >= 4 is 23.2 Å². The standard InChI is InChI=1S/C20H20N4O3/c1-13(25)21-15-7-5-8-16(11-15)22-20(26)19-12-18(23-24(19)2)14-6-4-9-17(10-14)27-3/h4-12H,1-3H3,(H,21,25)(H,22,26). The molecule has 0 spiro atoms. The lowest BCUT2D eigenvalue weighted by atomic mass is 10.1. The van der Waals surface area contributed by atoms with Crippen molar-refractivity contribution in [2.24, 2.45) is 7.05 Å². The molecule has 0 saturated carbocycles. The smallest absolute Gasteiger partial charge is 0.273 e. The molecule has 1 aromatic heterocycles. The Morgan fingerprint density at radius 1 is 1.00 bits per heavy atom. The van der Waals surface area contributed by atoms with E-state index in [1.54, 1.807) is 44.5 Å². The van der Waals surface area contributed by atoms with Gasteiger partial charge >= 0.3 is 0 Å². The Labute approximate surface area is 157 Å². The lowest BCUT2D eigenvalue weighted by molar-refractivity contribution is -0.114. The van der Waals surface area contributed by atoms with Gasteiger partial charge in [0.2, 0.25) is 5.91 Å². The largest absolute Gasteiger partial charge is 0.497 e. The fourth-order valence-corrected chi connectivity index (χ4v) is 2.68. The first-order valence-corrected chi connectivity index (χ1v) is 8.34. The number of aromatic nitrogens is 2. The van der Waals surface area contributed by atoms with Gasteiger partial charge in [0.15, 0.2) is 0 Å². The van der Waals surface area contributed by atoms with Crippen molar-refractivity contribution in [3.8, 4) is 17.0 Å². The molecule has 0 aliphatic heterocycles. The molecule has 0 atom stereocenters. The maximum Gasteiger partial charge on any atom is 0.273 e. The van der Waals surface area contributed by atoms with Gasteiger partial charge in [-0.05, 0) is 36.4 Å². The van der Waals surface area contributed by atoms with Gasteiger partial charge in [-0.25, -0.2) is 0 Å². The van der Waals surface area contributed by atoms with Crippen molar-refractivity contribution in [1.29, 1.82) is 0 Å². The van der Waals surface area contributed by atoms with E-state index >= 15 is 0 Å². The zero-order valence-electron chi connectivity index (χ0n) is 15.3. The average molecular weight is 364 g/mol. The molecule has 2 amide bonds. The third-order valence-electron chi connectivity index (χ3n) is 3.92. The highest BCUT2D eigenvalue weighted by Crippen LogP contribution is 2.24. The first-order chi connectivity index (χ1) is 13.0. The summed E-state index contributed by atoms with van der Waals surface area (Å²) in [6, 6.07) is 16.2. The van der Waals surface area contributed by atoms with Gasteiger partial charge in [0.25, 0.3) is 5.91 Å². The van der Waals surface area contributed by atoms with Crippen molar-refractivity contribution in [3.05, 3.63) is 60.3 Å². The molecule has 27 heavy (non-hydrogen) atoms. The van der Waals surface area contributed by atoms with Gasteiger partial charge in [-0.3, -0.25) is 14.3 Å². The Bertz CT molecular complexity index is 994. The van der Waals surface area contributed by atoms with Crippen molar-refractivity contribution in [1.82, 2.24) is 9.78 Å². The van der Waals surface area contributed by atoms with Gasteiger partial charge in [0.05, 0.1) is 12.8 Å². The van der Waals surface area contributed by atoms with E-state index in [9.17, 15) is 9.59 Å². The topological polar surface area (TPSA) is 85.3 Å². The molecular formula is C20H20N4O3. The van der Waals surface area contributed by atoms with E-state index < -0.39 is 0 Å². The van der Waals surface area contributed by atoms with Crippen LogP contribution in [0.15, 0.2) is 54.6 Å². The molecule has 0 fully saturated rings. The second-order valence-electron chi connectivity index (χ2n) is 5.99. The number of ether oxygens (including phenoxy) is 1. The number of nitrogens with zero attached hydrogens (tertiary/aromatic N) is 2. The third-order valence-corrected chi connectivity index (χ3v) is 3.92. The number of rotatable bonds is 5. The summed E-state index contributed by atoms with van der Waals surface area (Å²) in [5, 5.41) is 9.93. The molecule has 7 heteroatoms. The SMILES string of the molecule is COc1cccc(-c2cc(C(=O)Nc3cccc(NC(C)=O)c3)n(C)n2)c1. The number of hydrogen-bond acceptors (Lipinski definition) is 4. The fourth-order valence-electron chi connectivity index (χ4n) is 2.68. The number of amides is 2. The van der Waals surface area contributed by atoms with Gasteiger partial charge in [0.1, 0.15) is 11.4 Å². The van der Waals surface area contributed by atoms with Crippen LogP contribution >= 0.6 is 0 Å². The molecule has 0 saturated heterocycles. The van der Waals surface area contributed by atoms with E-state index in [0.717, 1.165) is 11.3 Å². The highest BCUT2D eigenvalue weighted by molar-refractivity contribution is 6.04. The second-order valence-corrected chi connectivity index (χ2v) is 5.99. The molecule has 0 radical (unpaired) electrons. The van der Waals surface area contributed by atoms with Crippen LogP contribution in [0.5, 0.6) is 5.75 Å². The van der Waals surface area contributed by atoms with Crippen molar-refractivity contribution in [3.63, 3.8) is 0 Å². The second kappa shape index (κ2) is 7.74. The Morgan fingerprint density at radius 2 is 1.70 bits per heavy atom. The summed E-state index contributed by atoms with van der Waals surface area (Å²) in [4.78, 5) is 23.8. The quantitative estimate of drug-likeness (QED) is 0.727. The van der Waals surface area contributed by atoms with E-state index in [1.807, 2.05) is 24.3 Å². The van der Waals surface area contributed by atoms with Crippen molar-refractivity contribution < 1.29 is 14.3 Å². The summed E-state index contributed by atoms with van der Waals surface area (Å²) in [7, 11) is 3.32. The summed E-state index contributed by atoms with van der Waals surface area (Å²) in [6.45, 7) is 1.43. The number of anilines is 2. The summed E-state index contributed by atoms with van der Waals surface area (Å²) < 4.78 is 6.76. The van der Waals surface area contributed by atoms with Crippen LogP contribution < -0.4 is 15.4 Å². The van der Waals surface area contributed by atoms with Gasteiger partial charge in [-0.15, -0.1) is 0 Å². The van der Waals surface area contributed by atoms with Gasteiger partial charge < -0.3 is 15.4 Å². The summed E-state index contributed by atoms with van der Waals surface area (Å²) in [5.41, 5.74) is 3.14.